The van der Waals surface area contributed by atoms with Crippen molar-refractivity contribution in [2.45, 2.75) is 6.92 Å². The van der Waals surface area contributed by atoms with Crippen molar-refractivity contribution in [2.24, 2.45) is 0 Å². The molecule has 1 fully saturated rings. The summed E-state index contributed by atoms with van der Waals surface area (Å²) in [5, 5.41) is 0. The summed E-state index contributed by atoms with van der Waals surface area (Å²) >= 11 is 3.30. The Labute approximate surface area is 137 Å². The summed E-state index contributed by atoms with van der Waals surface area (Å²) in [6.45, 7) is 4.10. The Morgan fingerprint density at radius 2 is 1.95 bits per heavy atom. The first-order chi connectivity index (χ1) is 10.6. The lowest BCUT2D eigenvalue weighted by Gasteiger charge is -2.35. The van der Waals surface area contributed by atoms with Gasteiger partial charge in [0.1, 0.15) is 4.60 Å². The predicted molar refractivity (Wildman–Crippen MR) is 83.7 cm³/mol. The smallest absolute Gasteiger partial charge is 0.410 e. The highest BCUT2D eigenvalue weighted by atomic mass is 79.9. The molecule has 120 valence electrons. The third-order valence-electron chi connectivity index (χ3n) is 3.23. The van der Waals surface area contributed by atoms with Crippen molar-refractivity contribution in [1.29, 1.82) is 0 Å². The number of amides is 1. The van der Waals surface area contributed by atoms with Gasteiger partial charge in [0.2, 0.25) is 0 Å². The topological polar surface area (TPSA) is 72.0 Å². The fourth-order valence-electron chi connectivity index (χ4n) is 2.12. The third kappa shape index (κ3) is 4.59. The summed E-state index contributed by atoms with van der Waals surface area (Å²) in [7, 11) is 0. The third-order valence-corrected chi connectivity index (χ3v) is 3.70. The van der Waals surface area contributed by atoms with Gasteiger partial charge in [0.05, 0.1) is 18.5 Å². The van der Waals surface area contributed by atoms with Crippen LogP contribution in [0.5, 0.6) is 0 Å². The van der Waals surface area contributed by atoms with Crippen molar-refractivity contribution < 1.29 is 19.1 Å². The van der Waals surface area contributed by atoms with E-state index in [1.165, 1.54) is 0 Å². The Morgan fingerprint density at radius 3 is 2.55 bits per heavy atom. The first-order valence-electron chi connectivity index (χ1n) is 7.04. The number of hydrogen-bond acceptors (Lipinski definition) is 6. The number of halogens is 1. The number of carbonyl (C=O) groups excluding carboxylic acids is 2. The molecule has 1 aromatic heterocycles. The number of hydrogen-bond donors (Lipinski definition) is 0. The van der Waals surface area contributed by atoms with Gasteiger partial charge in [-0.2, -0.15) is 0 Å². The molecule has 8 heteroatoms. The summed E-state index contributed by atoms with van der Waals surface area (Å²) in [6.07, 6.45) is 1.31. The molecular formula is C14H18BrN3O4. The Morgan fingerprint density at radius 1 is 1.23 bits per heavy atom. The van der Waals surface area contributed by atoms with Crippen molar-refractivity contribution >= 4 is 33.7 Å². The Balaban J connectivity index is 1.78. The van der Waals surface area contributed by atoms with Crippen LogP contribution in [-0.4, -0.2) is 61.3 Å². The van der Waals surface area contributed by atoms with Crippen molar-refractivity contribution in [3.8, 4) is 0 Å². The van der Waals surface area contributed by atoms with Crippen LogP contribution < -0.4 is 4.90 Å². The molecule has 0 aromatic carbocycles. The predicted octanol–water partition coefficient (Wildman–Crippen LogP) is 1.67. The fraction of sp³-hybridized carbons (Fsp3) is 0.500. The van der Waals surface area contributed by atoms with Crippen molar-refractivity contribution in [3.05, 3.63) is 22.9 Å². The van der Waals surface area contributed by atoms with E-state index in [0.717, 1.165) is 10.3 Å². The van der Waals surface area contributed by atoms with Gasteiger partial charge in [0.15, 0.2) is 6.61 Å². The van der Waals surface area contributed by atoms with Crippen LogP contribution in [-0.2, 0) is 14.3 Å². The minimum Gasteiger partial charge on any atom is -0.463 e. The average Bonchev–Trinajstić information content (AvgIpc) is 2.54. The van der Waals surface area contributed by atoms with Gasteiger partial charge in [-0.3, -0.25) is 0 Å². The van der Waals surface area contributed by atoms with Gasteiger partial charge in [0.25, 0.3) is 0 Å². The molecule has 0 N–H and O–H groups in total. The van der Waals surface area contributed by atoms with E-state index in [9.17, 15) is 9.59 Å². The number of nitrogens with zero attached hydrogens (tertiary/aromatic N) is 3. The first kappa shape index (κ1) is 16.5. The van der Waals surface area contributed by atoms with E-state index in [2.05, 4.69) is 25.8 Å². The lowest BCUT2D eigenvalue weighted by atomic mass is 10.3. The second kappa shape index (κ2) is 7.98. The molecule has 0 unspecified atom stereocenters. The standard InChI is InChI=1S/C14H18BrN3O4/c1-2-21-13(19)10-22-14(20)18-7-5-17(6-8-18)11-3-4-12(15)16-9-11/h3-4,9H,2,5-8,10H2,1H3. The molecule has 2 rings (SSSR count). The molecule has 2 heterocycles. The minimum absolute atomic E-state index is 0.274. The number of esters is 1. The number of ether oxygens (including phenoxy) is 2. The number of pyridine rings is 1. The number of carbonyl (C=O) groups is 2. The molecule has 1 aliphatic heterocycles. The van der Waals surface area contributed by atoms with Gasteiger partial charge < -0.3 is 19.3 Å². The minimum atomic E-state index is -0.532. The van der Waals surface area contributed by atoms with Gasteiger partial charge in [-0.25, -0.2) is 14.6 Å². The largest absolute Gasteiger partial charge is 0.463 e. The fourth-order valence-corrected chi connectivity index (χ4v) is 2.35. The van der Waals surface area contributed by atoms with Gasteiger partial charge >= 0.3 is 12.1 Å². The number of aromatic nitrogens is 1. The molecule has 0 saturated carbocycles. The summed E-state index contributed by atoms with van der Waals surface area (Å²) in [5.41, 5.74) is 1.02. The van der Waals surface area contributed by atoms with Crippen LogP contribution in [0.1, 0.15) is 6.92 Å². The van der Waals surface area contributed by atoms with E-state index < -0.39 is 12.1 Å². The molecule has 1 aromatic rings. The Kier molecular flexibility index (Phi) is 6.00. The maximum atomic E-state index is 11.9. The SMILES string of the molecule is CCOC(=O)COC(=O)N1CCN(c2ccc(Br)nc2)CC1. The zero-order valence-corrected chi connectivity index (χ0v) is 13.9. The molecule has 1 aliphatic rings. The Hall–Kier alpha value is -1.83. The monoisotopic (exact) mass is 371 g/mol. The summed E-state index contributed by atoms with van der Waals surface area (Å²) in [6, 6.07) is 3.86. The zero-order chi connectivity index (χ0) is 15.9. The summed E-state index contributed by atoms with van der Waals surface area (Å²) in [5.74, 6) is -0.532. The quantitative estimate of drug-likeness (QED) is 0.592. The van der Waals surface area contributed by atoms with Crippen LogP contribution in [0.25, 0.3) is 0 Å². The van der Waals surface area contributed by atoms with Crippen LogP contribution >= 0.6 is 15.9 Å². The highest BCUT2D eigenvalue weighted by Gasteiger charge is 2.23. The molecule has 0 aliphatic carbocycles. The van der Waals surface area contributed by atoms with Crippen LogP contribution in [0.3, 0.4) is 0 Å². The highest BCUT2D eigenvalue weighted by Crippen LogP contribution is 2.17. The van der Waals surface area contributed by atoms with Crippen LogP contribution in [0, 0.1) is 0 Å². The van der Waals surface area contributed by atoms with E-state index in [4.69, 9.17) is 9.47 Å². The van der Waals surface area contributed by atoms with E-state index >= 15 is 0 Å². The number of piperazine rings is 1. The lowest BCUT2D eigenvalue weighted by Crippen LogP contribution is -2.49. The number of anilines is 1. The molecule has 22 heavy (non-hydrogen) atoms. The second-order valence-electron chi connectivity index (χ2n) is 4.67. The van der Waals surface area contributed by atoms with E-state index in [-0.39, 0.29) is 13.2 Å². The lowest BCUT2D eigenvalue weighted by molar-refractivity contribution is -0.146. The second-order valence-corrected chi connectivity index (χ2v) is 5.49. The first-order valence-corrected chi connectivity index (χ1v) is 7.83. The van der Waals surface area contributed by atoms with Crippen LogP contribution in [0.4, 0.5) is 10.5 Å². The summed E-state index contributed by atoms with van der Waals surface area (Å²) in [4.78, 5) is 30.9. The average molecular weight is 372 g/mol. The molecular weight excluding hydrogens is 354 g/mol. The molecule has 0 radical (unpaired) electrons. The number of rotatable bonds is 4. The zero-order valence-electron chi connectivity index (χ0n) is 12.3. The van der Waals surface area contributed by atoms with Crippen LogP contribution in [0.15, 0.2) is 22.9 Å². The normalized spacial score (nSPS) is 14.6. The molecule has 1 saturated heterocycles. The van der Waals surface area contributed by atoms with E-state index in [1.807, 2.05) is 12.1 Å². The van der Waals surface area contributed by atoms with Crippen molar-refractivity contribution in [1.82, 2.24) is 9.88 Å². The van der Waals surface area contributed by atoms with E-state index in [1.54, 1.807) is 18.0 Å². The molecule has 0 bridgehead atoms. The summed E-state index contributed by atoms with van der Waals surface area (Å²) < 4.78 is 10.4. The molecule has 0 atom stereocenters. The molecule has 7 nitrogen and oxygen atoms in total. The van der Waals surface area contributed by atoms with Crippen molar-refractivity contribution in [2.75, 3.05) is 44.3 Å². The van der Waals surface area contributed by atoms with E-state index in [0.29, 0.717) is 26.2 Å². The molecule has 1 amide bonds. The van der Waals surface area contributed by atoms with Crippen molar-refractivity contribution in [3.63, 3.8) is 0 Å². The van der Waals surface area contributed by atoms with Gasteiger partial charge in [0, 0.05) is 26.2 Å². The Bertz CT molecular complexity index is 515. The maximum Gasteiger partial charge on any atom is 0.410 e. The maximum absolute atomic E-state index is 11.9. The highest BCUT2D eigenvalue weighted by molar-refractivity contribution is 9.10. The van der Waals surface area contributed by atoms with Gasteiger partial charge in [-0.05, 0) is 35.0 Å². The van der Waals surface area contributed by atoms with Gasteiger partial charge in [-0.15, -0.1) is 0 Å². The molecule has 0 spiro atoms. The van der Waals surface area contributed by atoms with Crippen LogP contribution in [0.2, 0.25) is 0 Å². The van der Waals surface area contributed by atoms with Gasteiger partial charge in [-0.1, -0.05) is 0 Å².